The summed E-state index contributed by atoms with van der Waals surface area (Å²) in [6.45, 7) is 0.568. The molecule has 3 rings (SSSR count). The Hall–Kier alpha value is -2.50. The van der Waals surface area contributed by atoms with Crippen molar-refractivity contribution in [1.82, 2.24) is 9.97 Å². The summed E-state index contributed by atoms with van der Waals surface area (Å²) >= 11 is 0. The van der Waals surface area contributed by atoms with Crippen LogP contribution < -0.4 is 10.5 Å². The number of nitrogens with zero attached hydrogens (tertiary/aromatic N) is 2. The number of nitrogens with two attached hydrogens (primary N) is 1. The number of aromatic nitrogens is 2. The summed E-state index contributed by atoms with van der Waals surface area (Å²) in [6, 6.07) is 5.76. The summed E-state index contributed by atoms with van der Waals surface area (Å²) in [5.74, 6) is -0.125. The van der Waals surface area contributed by atoms with Crippen LogP contribution in [0.3, 0.4) is 0 Å². The molecular weight excluding hydrogens is 273 g/mol. The zero-order chi connectivity index (χ0) is 14.8. The van der Waals surface area contributed by atoms with E-state index in [2.05, 4.69) is 9.97 Å². The minimum Gasteiger partial charge on any atom is -0.476 e. The van der Waals surface area contributed by atoms with Gasteiger partial charge < -0.3 is 10.5 Å². The summed E-state index contributed by atoms with van der Waals surface area (Å²) < 4.78 is 18.7. The van der Waals surface area contributed by atoms with Crippen LogP contribution in [0.2, 0.25) is 0 Å². The van der Waals surface area contributed by atoms with E-state index in [9.17, 15) is 9.18 Å². The van der Waals surface area contributed by atoms with Gasteiger partial charge in [-0.15, -0.1) is 0 Å². The highest BCUT2D eigenvalue weighted by molar-refractivity contribution is 5.91. The first-order valence-electron chi connectivity index (χ1n) is 6.69. The first-order valence-corrected chi connectivity index (χ1v) is 6.69. The lowest BCUT2D eigenvalue weighted by atomic mass is 10.1. The summed E-state index contributed by atoms with van der Waals surface area (Å²) in [4.78, 5) is 19.6. The van der Waals surface area contributed by atoms with Crippen LogP contribution in [-0.2, 0) is 0 Å². The monoisotopic (exact) mass is 287 g/mol. The van der Waals surface area contributed by atoms with E-state index >= 15 is 0 Å². The molecule has 1 aliphatic carbocycles. The van der Waals surface area contributed by atoms with Crippen LogP contribution in [0.1, 0.15) is 23.3 Å². The fourth-order valence-corrected chi connectivity index (χ4v) is 1.88. The van der Waals surface area contributed by atoms with Gasteiger partial charge in [-0.25, -0.2) is 14.4 Å². The summed E-state index contributed by atoms with van der Waals surface area (Å²) in [5.41, 5.74) is 6.29. The minimum atomic E-state index is -0.667. The first-order chi connectivity index (χ1) is 10.1. The summed E-state index contributed by atoms with van der Waals surface area (Å²) in [7, 11) is 0. The molecule has 1 aliphatic rings. The van der Waals surface area contributed by atoms with Gasteiger partial charge in [0.2, 0.25) is 5.88 Å². The molecule has 1 amide bonds. The third kappa shape index (κ3) is 3.16. The van der Waals surface area contributed by atoms with E-state index < -0.39 is 5.91 Å². The molecular formula is C15H14FN3O2. The molecule has 6 heteroatoms. The molecule has 1 fully saturated rings. The lowest BCUT2D eigenvalue weighted by molar-refractivity contribution is 0.0995. The smallest absolute Gasteiger partial charge is 0.268 e. The number of ether oxygens (including phenoxy) is 1. The average molecular weight is 287 g/mol. The third-order valence-corrected chi connectivity index (χ3v) is 3.26. The van der Waals surface area contributed by atoms with Crippen LogP contribution in [0.5, 0.6) is 5.88 Å². The van der Waals surface area contributed by atoms with Crippen molar-refractivity contribution in [2.75, 3.05) is 6.61 Å². The predicted octanol–water partition coefficient (Wildman–Crippen LogP) is 2.17. The second kappa shape index (κ2) is 5.47. The number of carbonyl (C=O) groups excluding carboxylic acids is 1. The Kier molecular flexibility index (Phi) is 3.51. The molecule has 0 bridgehead atoms. The maximum Gasteiger partial charge on any atom is 0.268 e. The fraction of sp³-hybridized carbons (Fsp3) is 0.267. The van der Waals surface area contributed by atoms with Gasteiger partial charge in [-0.1, -0.05) is 0 Å². The van der Waals surface area contributed by atoms with E-state index in [4.69, 9.17) is 10.5 Å². The topological polar surface area (TPSA) is 78.1 Å². The number of rotatable bonds is 5. The highest BCUT2D eigenvalue weighted by Gasteiger charge is 2.23. The largest absolute Gasteiger partial charge is 0.476 e. The van der Waals surface area contributed by atoms with E-state index in [0.717, 1.165) is 12.8 Å². The summed E-state index contributed by atoms with van der Waals surface area (Å²) in [5, 5.41) is 0. The molecule has 2 N–H and O–H groups in total. The number of carbonyl (C=O) groups is 1. The number of halogens is 1. The number of benzene rings is 1. The number of hydrogen-bond donors (Lipinski definition) is 1. The summed E-state index contributed by atoms with van der Waals surface area (Å²) in [6.07, 6.45) is 3.59. The number of primary amides is 1. The van der Waals surface area contributed by atoms with Crippen molar-refractivity contribution < 1.29 is 13.9 Å². The molecule has 0 atom stereocenters. The van der Waals surface area contributed by atoms with E-state index in [-0.39, 0.29) is 11.5 Å². The van der Waals surface area contributed by atoms with Crippen LogP contribution >= 0.6 is 0 Å². The Morgan fingerprint density at radius 1 is 1.33 bits per heavy atom. The quantitative estimate of drug-likeness (QED) is 0.914. The zero-order valence-corrected chi connectivity index (χ0v) is 11.3. The highest BCUT2D eigenvalue weighted by Crippen LogP contribution is 2.32. The van der Waals surface area contributed by atoms with Gasteiger partial charge in [0.1, 0.15) is 17.2 Å². The molecule has 0 aliphatic heterocycles. The Bertz CT molecular complexity index is 669. The molecule has 1 heterocycles. The van der Waals surface area contributed by atoms with Crippen molar-refractivity contribution >= 4 is 5.91 Å². The lowest BCUT2D eigenvalue weighted by Gasteiger charge is -2.10. The van der Waals surface area contributed by atoms with Crippen molar-refractivity contribution in [3.8, 4) is 17.1 Å². The molecule has 5 nitrogen and oxygen atoms in total. The van der Waals surface area contributed by atoms with Crippen LogP contribution in [-0.4, -0.2) is 22.5 Å². The van der Waals surface area contributed by atoms with Crippen LogP contribution in [0.25, 0.3) is 11.3 Å². The molecule has 108 valence electrons. The fourth-order valence-electron chi connectivity index (χ4n) is 1.88. The molecule has 1 aromatic heterocycles. The highest BCUT2D eigenvalue weighted by atomic mass is 19.1. The van der Waals surface area contributed by atoms with E-state index in [1.54, 1.807) is 12.1 Å². The second-order valence-corrected chi connectivity index (χ2v) is 5.03. The first kappa shape index (κ1) is 13.5. The normalized spacial score (nSPS) is 14.0. The van der Waals surface area contributed by atoms with Gasteiger partial charge in [0.25, 0.3) is 5.91 Å². The van der Waals surface area contributed by atoms with Gasteiger partial charge in [-0.05, 0) is 43.0 Å². The molecule has 0 spiro atoms. The van der Waals surface area contributed by atoms with Crippen molar-refractivity contribution in [2.45, 2.75) is 12.8 Å². The van der Waals surface area contributed by atoms with Gasteiger partial charge in [0, 0.05) is 5.56 Å². The van der Waals surface area contributed by atoms with Crippen molar-refractivity contribution in [3.05, 3.63) is 42.0 Å². The Balaban J connectivity index is 1.97. The van der Waals surface area contributed by atoms with Crippen LogP contribution in [0, 0.1) is 11.7 Å². The van der Waals surface area contributed by atoms with E-state index in [1.807, 2.05) is 0 Å². The maximum atomic E-state index is 13.0. The van der Waals surface area contributed by atoms with Gasteiger partial charge in [-0.2, -0.15) is 0 Å². The molecule has 2 aromatic rings. The standard InChI is InChI=1S/C15H14FN3O2/c16-11-5-3-10(4-6-11)13-15(21-8-9-1-2-9)18-7-12(19-13)14(17)20/h3-7,9H,1-2,8H2,(H2,17,20). The molecule has 21 heavy (non-hydrogen) atoms. The Morgan fingerprint density at radius 2 is 2.05 bits per heavy atom. The van der Waals surface area contributed by atoms with Gasteiger partial charge in [0.05, 0.1) is 12.8 Å². The second-order valence-electron chi connectivity index (χ2n) is 5.03. The molecule has 0 radical (unpaired) electrons. The average Bonchev–Trinajstić information content (AvgIpc) is 3.30. The SMILES string of the molecule is NC(=O)c1cnc(OCC2CC2)c(-c2ccc(F)cc2)n1. The minimum absolute atomic E-state index is 0.0492. The number of amides is 1. The zero-order valence-electron chi connectivity index (χ0n) is 11.3. The number of hydrogen-bond acceptors (Lipinski definition) is 4. The van der Waals surface area contributed by atoms with Crippen molar-refractivity contribution in [3.63, 3.8) is 0 Å². The van der Waals surface area contributed by atoms with Crippen LogP contribution in [0.4, 0.5) is 4.39 Å². The third-order valence-electron chi connectivity index (χ3n) is 3.26. The van der Waals surface area contributed by atoms with E-state index in [1.165, 1.54) is 18.3 Å². The van der Waals surface area contributed by atoms with Gasteiger partial charge in [-0.3, -0.25) is 4.79 Å². The maximum absolute atomic E-state index is 13.0. The molecule has 0 saturated heterocycles. The van der Waals surface area contributed by atoms with Crippen molar-refractivity contribution in [1.29, 1.82) is 0 Å². The Morgan fingerprint density at radius 3 is 2.67 bits per heavy atom. The lowest BCUT2D eigenvalue weighted by Crippen LogP contribution is -2.15. The Labute approximate surface area is 121 Å². The molecule has 0 unspecified atom stereocenters. The van der Waals surface area contributed by atoms with Gasteiger partial charge >= 0.3 is 0 Å². The predicted molar refractivity (Wildman–Crippen MR) is 74.2 cm³/mol. The van der Waals surface area contributed by atoms with Gasteiger partial charge in [0.15, 0.2) is 0 Å². The van der Waals surface area contributed by atoms with E-state index in [0.29, 0.717) is 29.7 Å². The molecule has 1 aromatic carbocycles. The van der Waals surface area contributed by atoms with Crippen LogP contribution in [0.15, 0.2) is 30.5 Å². The molecule has 1 saturated carbocycles. The van der Waals surface area contributed by atoms with Crippen molar-refractivity contribution in [2.24, 2.45) is 11.7 Å².